The molecule has 0 bridgehead atoms. The lowest BCUT2D eigenvalue weighted by molar-refractivity contribution is -0.127. The highest BCUT2D eigenvalue weighted by Crippen LogP contribution is 2.66. The van der Waals surface area contributed by atoms with E-state index >= 15 is 0 Å². The number of Topliss-reactive ketones (excluding diaryl/α,β-unsaturated/α-hetero) is 1. The number of ketones is 1. The number of carbonyl (C=O) groups is 1. The van der Waals surface area contributed by atoms with E-state index in [0.717, 1.165) is 38.5 Å². The van der Waals surface area contributed by atoms with Crippen LogP contribution in [0.3, 0.4) is 0 Å². The Kier molecular flexibility index (Phi) is 5.10. The standard InChI is InChI=1S/C23H36O4S/c1-5-28(25,26)27-17-10-12-22(3)16(14-17)6-7-18-20-9-8-19(15(2)24)23(20,4)13-11-21(18)22/h6,17-21H,5,7-14H2,1-4H3. The lowest BCUT2D eigenvalue weighted by atomic mass is 9.47. The van der Waals surface area contributed by atoms with E-state index < -0.39 is 10.1 Å². The smallest absolute Gasteiger partial charge is 0.267 e. The average molecular weight is 409 g/mol. The molecule has 0 amide bonds. The highest BCUT2D eigenvalue weighted by Gasteiger charge is 2.59. The molecule has 3 fully saturated rings. The predicted octanol–water partition coefficient (Wildman–Crippen LogP) is 4.89. The van der Waals surface area contributed by atoms with Crippen molar-refractivity contribution >= 4 is 15.9 Å². The first-order valence-electron chi connectivity index (χ1n) is 11.2. The average Bonchev–Trinajstić information content (AvgIpc) is 2.99. The number of rotatable bonds is 4. The Hall–Kier alpha value is -0.680. The molecule has 0 radical (unpaired) electrons. The number of allylic oxidation sites excluding steroid dienone is 1. The van der Waals surface area contributed by atoms with Crippen LogP contribution < -0.4 is 0 Å². The molecule has 0 aromatic carbocycles. The minimum Gasteiger partial charge on any atom is -0.300 e. The molecule has 0 aromatic rings. The van der Waals surface area contributed by atoms with Gasteiger partial charge in [0.05, 0.1) is 11.9 Å². The van der Waals surface area contributed by atoms with Crippen molar-refractivity contribution < 1.29 is 17.4 Å². The maximum Gasteiger partial charge on any atom is 0.267 e. The molecule has 0 heterocycles. The zero-order valence-corrected chi connectivity index (χ0v) is 18.7. The van der Waals surface area contributed by atoms with Gasteiger partial charge in [-0.25, -0.2) is 0 Å². The molecule has 7 unspecified atom stereocenters. The van der Waals surface area contributed by atoms with Crippen LogP contribution in [0.2, 0.25) is 0 Å². The molecule has 0 aromatic heterocycles. The summed E-state index contributed by atoms with van der Waals surface area (Å²) in [7, 11) is -3.39. The van der Waals surface area contributed by atoms with E-state index in [1.807, 2.05) is 0 Å². The van der Waals surface area contributed by atoms with Gasteiger partial charge in [-0.15, -0.1) is 0 Å². The molecular weight excluding hydrogens is 372 g/mol. The molecule has 28 heavy (non-hydrogen) atoms. The number of hydrogen-bond acceptors (Lipinski definition) is 4. The van der Waals surface area contributed by atoms with Gasteiger partial charge in [0.15, 0.2) is 0 Å². The van der Waals surface area contributed by atoms with Gasteiger partial charge in [0.1, 0.15) is 5.78 Å². The second kappa shape index (κ2) is 6.94. The molecule has 0 spiro atoms. The molecule has 4 rings (SSSR count). The molecular formula is C23H36O4S. The van der Waals surface area contributed by atoms with Gasteiger partial charge in [-0.05, 0) is 93.8 Å². The summed E-state index contributed by atoms with van der Waals surface area (Å²) in [5.74, 6) is 2.68. The second-order valence-electron chi connectivity index (χ2n) is 10.4. The molecule has 4 aliphatic carbocycles. The summed E-state index contributed by atoms with van der Waals surface area (Å²) in [6.07, 6.45) is 10.6. The molecule has 0 N–H and O–H groups in total. The Morgan fingerprint density at radius 2 is 1.89 bits per heavy atom. The lowest BCUT2D eigenvalue weighted by Crippen LogP contribution is -2.51. The first kappa shape index (κ1) is 20.6. The fourth-order valence-corrected chi connectivity index (χ4v) is 8.37. The van der Waals surface area contributed by atoms with Gasteiger partial charge in [-0.3, -0.25) is 8.98 Å². The number of carbonyl (C=O) groups excluding carboxylic acids is 1. The third-order valence-electron chi connectivity index (χ3n) is 9.19. The molecule has 3 saturated carbocycles. The molecule has 4 aliphatic rings. The van der Waals surface area contributed by atoms with Crippen LogP contribution >= 0.6 is 0 Å². The van der Waals surface area contributed by atoms with Crippen LogP contribution in [0.4, 0.5) is 0 Å². The van der Waals surface area contributed by atoms with E-state index in [1.165, 1.54) is 18.4 Å². The molecule has 4 nitrogen and oxygen atoms in total. The number of fused-ring (bicyclic) bond motifs is 5. The Morgan fingerprint density at radius 3 is 2.57 bits per heavy atom. The van der Waals surface area contributed by atoms with Crippen LogP contribution in [0.5, 0.6) is 0 Å². The van der Waals surface area contributed by atoms with Gasteiger partial charge in [0.25, 0.3) is 10.1 Å². The maximum atomic E-state index is 12.3. The molecule has 0 aliphatic heterocycles. The van der Waals surface area contributed by atoms with Crippen LogP contribution in [-0.4, -0.2) is 26.1 Å². The summed E-state index contributed by atoms with van der Waals surface area (Å²) in [6.45, 7) is 8.23. The Bertz CT molecular complexity index is 784. The fourth-order valence-electron chi connectivity index (χ4n) is 7.65. The molecule has 158 valence electrons. The normalized spacial score (nSPS) is 45.6. The Labute approximate surface area is 170 Å². The zero-order chi connectivity index (χ0) is 20.3. The van der Waals surface area contributed by atoms with Crippen molar-refractivity contribution in [2.45, 2.75) is 85.2 Å². The van der Waals surface area contributed by atoms with E-state index in [0.29, 0.717) is 23.5 Å². The summed E-state index contributed by atoms with van der Waals surface area (Å²) in [5, 5.41) is 0. The van der Waals surface area contributed by atoms with Gasteiger partial charge >= 0.3 is 0 Å². The van der Waals surface area contributed by atoms with Crippen LogP contribution in [0, 0.1) is 34.5 Å². The maximum absolute atomic E-state index is 12.3. The topological polar surface area (TPSA) is 60.4 Å². The summed E-state index contributed by atoms with van der Waals surface area (Å²) in [4.78, 5) is 12.3. The molecule has 7 atom stereocenters. The van der Waals surface area contributed by atoms with E-state index in [9.17, 15) is 13.2 Å². The Balaban J connectivity index is 1.56. The van der Waals surface area contributed by atoms with Crippen LogP contribution in [-0.2, 0) is 19.1 Å². The van der Waals surface area contributed by atoms with Crippen LogP contribution in [0.15, 0.2) is 11.6 Å². The van der Waals surface area contributed by atoms with Crippen molar-refractivity contribution in [2.75, 3.05) is 5.75 Å². The second-order valence-corrected chi connectivity index (χ2v) is 12.2. The van der Waals surface area contributed by atoms with Crippen molar-refractivity contribution in [1.82, 2.24) is 0 Å². The first-order chi connectivity index (χ1) is 13.1. The highest BCUT2D eigenvalue weighted by atomic mass is 32.2. The van der Waals surface area contributed by atoms with E-state index in [1.54, 1.807) is 13.8 Å². The first-order valence-corrected chi connectivity index (χ1v) is 12.8. The molecule has 5 heteroatoms. The summed E-state index contributed by atoms with van der Waals surface area (Å²) < 4.78 is 29.3. The predicted molar refractivity (Wildman–Crippen MR) is 110 cm³/mol. The SMILES string of the molecule is CCS(=O)(=O)OC1CCC2(C)C(=CCC3C2CCC2(C)C(C(C)=O)CCC32)C1. The highest BCUT2D eigenvalue weighted by molar-refractivity contribution is 7.86. The van der Waals surface area contributed by atoms with Crippen LogP contribution in [0.1, 0.15) is 79.1 Å². The monoisotopic (exact) mass is 408 g/mol. The summed E-state index contributed by atoms with van der Waals surface area (Å²) >= 11 is 0. The van der Waals surface area contributed by atoms with Crippen molar-refractivity contribution in [2.24, 2.45) is 34.5 Å². The van der Waals surface area contributed by atoms with Crippen LogP contribution in [0.25, 0.3) is 0 Å². The van der Waals surface area contributed by atoms with E-state index in [-0.39, 0.29) is 28.6 Å². The third kappa shape index (κ3) is 3.12. The van der Waals surface area contributed by atoms with Gasteiger partial charge in [0.2, 0.25) is 0 Å². The largest absolute Gasteiger partial charge is 0.300 e. The quantitative estimate of drug-likeness (QED) is 0.491. The fraction of sp³-hybridized carbons (Fsp3) is 0.870. The van der Waals surface area contributed by atoms with Crippen molar-refractivity contribution in [3.8, 4) is 0 Å². The number of hydrogen-bond donors (Lipinski definition) is 0. The van der Waals surface area contributed by atoms with Gasteiger partial charge in [-0.2, -0.15) is 8.42 Å². The van der Waals surface area contributed by atoms with E-state index in [2.05, 4.69) is 19.9 Å². The van der Waals surface area contributed by atoms with Gasteiger partial charge < -0.3 is 0 Å². The lowest BCUT2D eigenvalue weighted by Gasteiger charge is -2.58. The van der Waals surface area contributed by atoms with Crippen molar-refractivity contribution in [3.05, 3.63) is 11.6 Å². The third-order valence-corrected chi connectivity index (χ3v) is 10.5. The minimum atomic E-state index is -3.39. The van der Waals surface area contributed by atoms with E-state index in [4.69, 9.17) is 4.18 Å². The zero-order valence-electron chi connectivity index (χ0n) is 17.9. The minimum absolute atomic E-state index is 0.0437. The van der Waals surface area contributed by atoms with Gasteiger partial charge in [0, 0.05) is 5.92 Å². The van der Waals surface area contributed by atoms with Gasteiger partial charge in [-0.1, -0.05) is 25.5 Å². The summed E-state index contributed by atoms with van der Waals surface area (Å²) in [6, 6.07) is 0. The van der Waals surface area contributed by atoms with Crippen molar-refractivity contribution in [3.63, 3.8) is 0 Å². The summed E-state index contributed by atoms with van der Waals surface area (Å²) in [5.41, 5.74) is 1.79. The molecule has 0 saturated heterocycles. The van der Waals surface area contributed by atoms with Crippen molar-refractivity contribution in [1.29, 1.82) is 0 Å². The Morgan fingerprint density at radius 1 is 1.14 bits per heavy atom.